The molecule has 3 N–H and O–H groups in total. The summed E-state index contributed by atoms with van der Waals surface area (Å²) in [6.07, 6.45) is 2.56. The largest absolute Gasteiger partial charge is 0.325 e. The van der Waals surface area contributed by atoms with Crippen molar-refractivity contribution in [1.29, 1.82) is 0 Å². The molecule has 0 atom stereocenters. The van der Waals surface area contributed by atoms with Crippen molar-refractivity contribution >= 4 is 37.5 Å². The Morgan fingerprint density at radius 1 is 1.29 bits per heavy atom. The Hall–Kier alpha value is -0.960. The number of halogens is 1. The van der Waals surface area contributed by atoms with E-state index in [0.717, 1.165) is 0 Å². The molecule has 2 aliphatic rings. The van der Waals surface area contributed by atoms with Gasteiger partial charge < -0.3 is 10.6 Å². The second kappa shape index (κ2) is 5.68. The molecule has 0 spiro atoms. The summed E-state index contributed by atoms with van der Waals surface area (Å²) in [5, 5.41) is 5.94. The Bertz CT molecular complexity index is 686. The maximum absolute atomic E-state index is 12.3. The molecule has 1 aromatic rings. The maximum atomic E-state index is 12.3. The van der Waals surface area contributed by atoms with Crippen LogP contribution in [0.15, 0.2) is 21.5 Å². The third-order valence-corrected chi connectivity index (χ3v) is 5.92. The second-order valence-electron chi connectivity index (χ2n) is 5.29. The first kappa shape index (κ1) is 15.0. The molecular weight excluding hydrogens is 358 g/mol. The van der Waals surface area contributed by atoms with Gasteiger partial charge in [0, 0.05) is 29.3 Å². The first-order chi connectivity index (χ1) is 9.95. The molecule has 0 bridgehead atoms. The van der Waals surface area contributed by atoms with Gasteiger partial charge in [0.15, 0.2) is 0 Å². The minimum absolute atomic E-state index is 0.118. The zero-order valence-corrected chi connectivity index (χ0v) is 13.7. The molecule has 21 heavy (non-hydrogen) atoms. The summed E-state index contributed by atoms with van der Waals surface area (Å²) in [7, 11) is -3.58. The predicted molar refractivity (Wildman–Crippen MR) is 82.7 cm³/mol. The Balaban J connectivity index is 1.72. The van der Waals surface area contributed by atoms with Gasteiger partial charge in [-0.25, -0.2) is 13.1 Å². The van der Waals surface area contributed by atoms with Crippen LogP contribution in [-0.2, 0) is 21.2 Å². The molecule has 8 heteroatoms. The van der Waals surface area contributed by atoms with Crippen LogP contribution in [0.4, 0.5) is 5.69 Å². The lowest BCUT2D eigenvalue weighted by Gasteiger charge is -2.10. The van der Waals surface area contributed by atoms with Crippen molar-refractivity contribution in [1.82, 2.24) is 10.0 Å². The van der Waals surface area contributed by atoms with Crippen molar-refractivity contribution in [2.45, 2.75) is 30.2 Å². The van der Waals surface area contributed by atoms with E-state index in [2.05, 4.69) is 31.3 Å². The van der Waals surface area contributed by atoms with Gasteiger partial charge in [-0.15, -0.1) is 0 Å². The molecule has 0 radical (unpaired) electrons. The number of rotatable bonds is 6. The highest BCUT2D eigenvalue weighted by Gasteiger charge is 2.25. The van der Waals surface area contributed by atoms with E-state index in [1.807, 2.05) is 0 Å². The zero-order chi connectivity index (χ0) is 15.0. The molecule has 1 saturated carbocycles. The van der Waals surface area contributed by atoms with E-state index >= 15 is 0 Å². The first-order valence-corrected chi connectivity index (χ1v) is 9.08. The molecule has 1 aliphatic carbocycles. The number of hydrogen-bond acceptors (Lipinski definition) is 4. The van der Waals surface area contributed by atoms with Crippen LogP contribution in [0.3, 0.4) is 0 Å². The average molecular weight is 374 g/mol. The molecular formula is C13H16BrN3O3S. The van der Waals surface area contributed by atoms with E-state index in [1.54, 1.807) is 12.1 Å². The fourth-order valence-electron chi connectivity index (χ4n) is 2.26. The van der Waals surface area contributed by atoms with Gasteiger partial charge in [0.25, 0.3) is 0 Å². The third kappa shape index (κ3) is 3.45. The van der Waals surface area contributed by atoms with Gasteiger partial charge in [-0.3, -0.25) is 4.79 Å². The summed E-state index contributed by atoms with van der Waals surface area (Å²) in [6, 6.07) is 3.74. The van der Waals surface area contributed by atoms with Crippen LogP contribution in [-0.4, -0.2) is 33.5 Å². The van der Waals surface area contributed by atoms with Gasteiger partial charge in [0.2, 0.25) is 15.9 Å². The smallest absolute Gasteiger partial charge is 0.241 e. The minimum atomic E-state index is -3.58. The van der Waals surface area contributed by atoms with Crippen LogP contribution in [0, 0.1) is 0 Å². The Kier molecular flexibility index (Phi) is 4.04. The molecule has 1 fully saturated rings. The fourth-order valence-corrected chi connectivity index (χ4v) is 4.38. The summed E-state index contributed by atoms with van der Waals surface area (Å²) < 4.78 is 27.7. The number of benzene rings is 1. The highest BCUT2D eigenvalue weighted by Crippen LogP contribution is 2.32. The van der Waals surface area contributed by atoms with Crippen LogP contribution >= 0.6 is 15.9 Å². The Labute approximate surface area is 131 Å². The van der Waals surface area contributed by atoms with Crippen LogP contribution in [0.2, 0.25) is 0 Å². The van der Waals surface area contributed by atoms with Gasteiger partial charge in [0.1, 0.15) is 0 Å². The fraction of sp³-hybridized carbons (Fsp3) is 0.462. The maximum Gasteiger partial charge on any atom is 0.241 e. The van der Waals surface area contributed by atoms with E-state index in [1.165, 1.54) is 12.8 Å². The van der Waals surface area contributed by atoms with E-state index in [4.69, 9.17) is 0 Å². The zero-order valence-electron chi connectivity index (χ0n) is 11.3. The monoisotopic (exact) mass is 373 g/mol. The summed E-state index contributed by atoms with van der Waals surface area (Å²) in [6.45, 7) is 0.964. The minimum Gasteiger partial charge on any atom is -0.325 e. The molecule has 1 aliphatic heterocycles. The average Bonchev–Trinajstić information content (AvgIpc) is 3.15. The first-order valence-electron chi connectivity index (χ1n) is 6.81. The number of fused-ring (bicyclic) bond motifs is 1. The summed E-state index contributed by atoms with van der Waals surface area (Å²) in [5.41, 5.74) is 1.38. The number of carbonyl (C=O) groups is 1. The highest BCUT2D eigenvalue weighted by atomic mass is 79.9. The molecule has 0 aromatic heterocycles. The van der Waals surface area contributed by atoms with Crippen molar-refractivity contribution in [2.24, 2.45) is 0 Å². The van der Waals surface area contributed by atoms with Crippen LogP contribution < -0.4 is 15.4 Å². The summed E-state index contributed by atoms with van der Waals surface area (Å²) in [4.78, 5) is 11.5. The van der Waals surface area contributed by atoms with E-state index < -0.39 is 10.0 Å². The van der Waals surface area contributed by atoms with Crippen molar-refractivity contribution in [3.8, 4) is 0 Å². The molecule has 6 nitrogen and oxygen atoms in total. The molecule has 1 aromatic carbocycles. The van der Waals surface area contributed by atoms with Crippen LogP contribution in [0.5, 0.6) is 0 Å². The number of carbonyl (C=O) groups excluding carboxylic acids is 1. The molecule has 0 saturated heterocycles. The molecule has 1 heterocycles. The van der Waals surface area contributed by atoms with Gasteiger partial charge in [-0.05, 0) is 46.5 Å². The number of nitrogens with one attached hydrogen (secondary N) is 3. The highest BCUT2D eigenvalue weighted by molar-refractivity contribution is 9.10. The van der Waals surface area contributed by atoms with Crippen molar-refractivity contribution in [3.05, 3.63) is 22.2 Å². The topological polar surface area (TPSA) is 87.3 Å². The number of hydrogen-bond donors (Lipinski definition) is 3. The van der Waals surface area contributed by atoms with Crippen molar-refractivity contribution in [2.75, 3.05) is 18.4 Å². The molecule has 0 unspecified atom stereocenters. The lowest BCUT2D eigenvalue weighted by molar-refractivity contribution is -0.115. The van der Waals surface area contributed by atoms with Gasteiger partial charge in [-0.2, -0.15) is 0 Å². The number of sulfonamides is 1. The molecule has 1 amide bonds. The lowest BCUT2D eigenvalue weighted by atomic mass is 10.2. The summed E-state index contributed by atoms with van der Waals surface area (Å²) >= 11 is 3.26. The van der Waals surface area contributed by atoms with Crippen LogP contribution in [0.1, 0.15) is 18.4 Å². The number of anilines is 1. The predicted octanol–water partition coefficient (Wildman–Crippen LogP) is 0.974. The number of amides is 1. The lowest BCUT2D eigenvalue weighted by Crippen LogP contribution is -2.32. The van der Waals surface area contributed by atoms with Gasteiger partial charge in [-0.1, -0.05) is 0 Å². The van der Waals surface area contributed by atoms with E-state index in [0.29, 0.717) is 34.9 Å². The van der Waals surface area contributed by atoms with Gasteiger partial charge in [0.05, 0.1) is 11.3 Å². The normalized spacial score (nSPS) is 17.7. The standard InChI is InChI=1S/C13H16BrN3O3S/c14-10-7-11-8(6-13(18)17-11)5-12(10)21(19,20)16-4-3-15-9-1-2-9/h5,7,9,15-16H,1-4,6H2,(H,17,18). The Morgan fingerprint density at radius 3 is 2.76 bits per heavy atom. The molecule has 3 rings (SSSR count). The van der Waals surface area contributed by atoms with Gasteiger partial charge >= 0.3 is 0 Å². The van der Waals surface area contributed by atoms with Crippen LogP contribution in [0.25, 0.3) is 0 Å². The Morgan fingerprint density at radius 2 is 2.05 bits per heavy atom. The van der Waals surface area contributed by atoms with E-state index in [9.17, 15) is 13.2 Å². The quantitative estimate of drug-likeness (QED) is 0.648. The van der Waals surface area contributed by atoms with E-state index in [-0.39, 0.29) is 17.2 Å². The summed E-state index contributed by atoms with van der Waals surface area (Å²) in [5.74, 6) is -0.118. The van der Waals surface area contributed by atoms with Crippen molar-refractivity contribution in [3.63, 3.8) is 0 Å². The second-order valence-corrected chi connectivity index (χ2v) is 7.88. The van der Waals surface area contributed by atoms with Crippen molar-refractivity contribution < 1.29 is 13.2 Å². The molecule has 114 valence electrons. The third-order valence-electron chi connectivity index (χ3n) is 3.50. The SMILES string of the molecule is O=C1Cc2cc(S(=O)(=O)NCCNC3CC3)c(Br)cc2N1.